The summed E-state index contributed by atoms with van der Waals surface area (Å²) in [4.78, 5) is 12.7. The van der Waals surface area contributed by atoms with Gasteiger partial charge in [0.15, 0.2) is 5.79 Å². The van der Waals surface area contributed by atoms with Crippen LogP contribution >= 0.6 is 11.6 Å². The average Bonchev–Trinajstić information content (AvgIpc) is 3.18. The highest BCUT2D eigenvalue weighted by molar-refractivity contribution is 6.33. The summed E-state index contributed by atoms with van der Waals surface area (Å²) in [7, 11) is 0. The van der Waals surface area contributed by atoms with Crippen LogP contribution in [0.15, 0.2) is 24.3 Å². The predicted octanol–water partition coefficient (Wildman–Crippen LogP) is 3.55. The monoisotopic (exact) mass is 409 g/mol. The number of aryl methyl sites for hydroxylation is 1. The zero-order chi connectivity index (χ0) is 20.3. The molecule has 0 bridgehead atoms. The molecule has 3 rings (SSSR count). The molecule has 1 aromatic carbocycles. The van der Waals surface area contributed by atoms with Gasteiger partial charge in [0.05, 0.1) is 31.0 Å². The fourth-order valence-electron chi connectivity index (χ4n) is 3.41. The van der Waals surface area contributed by atoms with Gasteiger partial charge in [0.2, 0.25) is 0 Å². The van der Waals surface area contributed by atoms with Gasteiger partial charge in [-0.3, -0.25) is 4.79 Å². The standard InChI is InChI=1S/C20H25ClFN3O3/c1-13(10-20(3)27-8-9-28-20)11-23-19(26)17-14(2)24-25(18(17)21)12-15-4-6-16(22)7-5-15/h4-7,13H,8-12H2,1-3H3,(H,23,26). The van der Waals surface area contributed by atoms with Crippen LogP contribution in [0.5, 0.6) is 0 Å². The van der Waals surface area contributed by atoms with Crippen LogP contribution < -0.4 is 5.32 Å². The van der Waals surface area contributed by atoms with Gasteiger partial charge in [-0.25, -0.2) is 9.07 Å². The van der Waals surface area contributed by atoms with Gasteiger partial charge in [-0.05, 0) is 37.5 Å². The number of carbonyl (C=O) groups excluding carboxylic acids is 1. The minimum absolute atomic E-state index is 0.167. The number of aromatic nitrogens is 2. The number of ether oxygens (including phenoxy) is 2. The highest BCUT2D eigenvalue weighted by Crippen LogP contribution is 2.26. The van der Waals surface area contributed by atoms with Gasteiger partial charge in [-0.15, -0.1) is 0 Å². The summed E-state index contributed by atoms with van der Waals surface area (Å²) in [6.45, 7) is 7.71. The second kappa shape index (κ2) is 8.59. The summed E-state index contributed by atoms with van der Waals surface area (Å²) >= 11 is 6.41. The minimum atomic E-state index is -0.586. The largest absolute Gasteiger partial charge is 0.352 e. The number of nitrogens with zero attached hydrogens (tertiary/aromatic N) is 2. The van der Waals surface area contributed by atoms with Crippen molar-refractivity contribution in [3.63, 3.8) is 0 Å². The lowest BCUT2D eigenvalue weighted by Crippen LogP contribution is -2.34. The first-order valence-electron chi connectivity index (χ1n) is 9.31. The Kier molecular flexibility index (Phi) is 6.37. The van der Waals surface area contributed by atoms with Gasteiger partial charge < -0.3 is 14.8 Å². The summed E-state index contributed by atoms with van der Waals surface area (Å²) in [5.74, 6) is -0.987. The normalized spacial score (nSPS) is 16.9. The van der Waals surface area contributed by atoms with E-state index in [0.29, 0.717) is 44.0 Å². The van der Waals surface area contributed by atoms with Crippen molar-refractivity contribution in [2.75, 3.05) is 19.8 Å². The molecule has 0 spiro atoms. The fourth-order valence-corrected chi connectivity index (χ4v) is 3.73. The Morgan fingerprint density at radius 3 is 2.64 bits per heavy atom. The maximum Gasteiger partial charge on any atom is 0.256 e. The van der Waals surface area contributed by atoms with Crippen LogP contribution in [0.4, 0.5) is 4.39 Å². The maximum absolute atomic E-state index is 13.1. The second-order valence-electron chi connectivity index (χ2n) is 7.39. The maximum atomic E-state index is 13.1. The van der Waals surface area contributed by atoms with E-state index in [4.69, 9.17) is 21.1 Å². The van der Waals surface area contributed by atoms with Crippen LogP contribution in [-0.2, 0) is 16.0 Å². The third kappa shape index (κ3) is 4.90. The molecule has 1 unspecified atom stereocenters. The molecule has 1 aliphatic rings. The highest BCUT2D eigenvalue weighted by Gasteiger charge is 2.32. The SMILES string of the molecule is Cc1nn(Cc2ccc(F)cc2)c(Cl)c1C(=O)NCC(C)CC1(C)OCCO1. The van der Waals surface area contributed by atoms with Gasteiger partial charge in [-0.1, -0.05) is 30.7 Å². The van der Waals surface area contributed by atoms with E-state index in [-0.39, 0.29) is 22.8 Å². The predicted molar refractivity (Wildman–Crippen MR) is 104 cm³/mol. The number of halogens is 2. The van der Waals surface area contributed by atoms with Crippen LogP contribution in [0.25, 0.3) is 0 Å². The van der Waals surface area contributed by atoms with Gasteiger partial charge in [-0.2, -0.15) is 5.10 Å². The van der Waals surface area contributed by atoms with E-state index in [9.17, 15) is 9.18 Å². The van der Waals surface area contributed by atoms with Crippen molar-refractivity contribution in [1.29, 1.82) is 0 Å². The molecular formula is C20H25ClFN3O3. The number of rotatable bonds is 7. The van der Waals surface area contributed by atoms with E-state index in [0.717, 1.165) is 5.56 Å². The summed E-state index contributed by atoms with van der Waals surface area (Å²) in [6, 6.07) is 6.09. The first-order chi connectivity index (χ1) is 13.3. The van der Waals surface area contributed by atoms with E-state index in [1.807, 2.05) is 13.8 Å². The lowest BCUT2D eigenvalue weighted by Gasteiger charge is -2.26. The third-order valence-corrected chi connectivity index (χ3v) is 5.15. The van der Waals surface area contributed by atoms with E-state index < -0.39 is 5.79 Å². The number of nitrogens with one attached hydrogen (secondary N) is 1. The lowest BCUT2D eigenvalue weighted by molar-refractivity contribution is -0.153. The number of carbonyl (C=O) groups is 1. The van der Waals surface area contributed by atoms with Crippen molar-refractivity contribution >= 4 is 17.5 Å². The number of hydrogen-bond donors (Lipinski definition) is 1. The Labute approximate surface area is 169 Å². The van der Waals surface area contributed by atoms with Crippen molar-refractivity contribution in [1.82, 2.24) is 15.1 Å². The first kappa shape index (κ1) is 20.8. The molecule has 2 aromatic rings. The molecular weight excluding hydrogens is 385 g/mol. The molecule has 1 aromatic heterocycles. The van der Waals surface area contributed by atoms with E-state index in [1.165, 1.54) is 12.1 Å². The number of hydrogen-bond acceptors (Lipinski definition) is 4. The summed E-state index contributed by atoms with van der Waals surface area (Å²) < 4.78 is 25.8. The van der Waals surface area contributed by atoms with Gasteiger partial charge in [0.25, 0.3) is 5.91 Å². The second-order valence-corrected chi connectivity index (χ2v) is 7.74. The minimum Gasteiger partial charge on any atom is -0.352 e. The third-order valence-electron chi connectivity index (χ3n) is 4.77. The molecule has 1 fully saturated rings. The first-order valence-corrected chi connectivity index (χ1v) is 9.68. The Morgan fingerprint density at radius 2 is 2.00 bits per heavy atom. The molecule has 1 amide bonds. The molecule has 1 aliphatic heterocycles. The molecule has 1 N–H and O–H groups in total. The van der Waals surface area contributed by atoms with Crippen molar-refractivity contribution in [2.45, 2.75) is 39.5 Å². The van der Waals surface area contributed by atoms with Crippen molar-refractivity contribution in [3.05, 3.63) is 52.1 Å². The van der Waals surface area contributed by atoms with Gasteiger partial charge in [0, 0.05) is 13.0 Å². The van der Waals surface area contributed by atoms with Crippen molar-refractivity contribution in [3.8, 4) is 0 Å². The quantitative estimate of drug-likeness (QED) is 0.759. The smallest absolute Gasteiger partial charge is 0.256 e. The van der Waals surface area contributed by atoms with E-state index >= 15 is 0 Å². The molecule has 0 radical (unpaired) electrons. The van der Waals surface area contributed by atoms with Crippen LogP contribution in [-0.4, -0.2) is 41.2 Å². The van der Waals surface area contributed by atoms with Crippen LogP contribution in [0.2, 0.25) is 5.15 Å². The summed E-state index contributed by atoms with van der Waals surface area (Å²) in [5.41, 5.74) is 1.75. The van der Waals surface area contributed by atoms with Crippen LogP contribution in [0.1, 0.15) is 41.9 Å². The lowest BCUT2D eigenvalue weighted by atomic mass is 10.0. The number of amides is 1. The van der Waals surface area contributed by atoms with Crippen LogP contribution in [0, 0.1) is 18.7 Å². The topological polar surface area (TPSA) is 65.4 Å². The van der Waals surface area contributed by atoms with Crippen molar-refractivity contribution < 1.29 is 18.7 Å². The van der Waals surface area contributed by atoms with E-state index in [1.54, 1.807) is 23.7 Å². The van der Waals surface area contributed by atoms with Gasteiger partial charge >= 0.3 is 0 Å². The molecule has 6 nitrogen and oxygen atoms in total. The molecule has 0 saturated carbocycles. The zero-order valence-corrected chi connectivity index (χ0v) is 17.1. The Bertz CT molecular complexity index is 832. The molecule has 2 heterocycles. The molecule has 1 atom stereocenters. The average molecular weight is 410 g/mol. The zero-order valence-electron chi connectivity index (χ0n) is 16.3. The van der Waals surface area contributed by atoms with E-state index in [2.05, 4.69) is 10.4 Å². The summed E-state index contributed by atoms with van der Waals surface area (Å²) in [5, 5.41) is 7.54. The Hall–Kier alpha value is -1.96. The molecule has 8 heteroatoms. The van der Waals surface area contributed by atoms with Crippen molar-refractivity contribution in [2.24, 2.45) is 5.92 Å². The van der Waals surface area contributed by atoms with Crippen LogP contribution in [0.3, 0.4) is 0 Å². The molecule has 28 heavy (non-hydrogen) atoms. The molecule has 0 aliphatic carbocycles. The Balaban J connectivity index is 1.61. The number of benzene rings is 1. The highest BCUT2D eigenvalue weighted by atomic mass is 35.5. The van der Waals surface area contributed by atoms with Gasteiger partial charge in [0.1, 0.15) is 11.0 Å². The Morgan fingerprint density at radius 1 is 1.36 bits per heavy atom. The fraction of sp³-hybridized carbons (Fsp3) is 0.500. The summed E-state index contributed by atoms with van der Waals surface area (Å²) in [6.07, 6.45) is 0.684. The molecule has 1 saturated heterocycles. The molecule has 152 valence electrons.